The van der Waals surface area contributed by atoms with E-state index in [0.29, 0.717) is 10.2 Å². The predicted molar refractivity (Wildman–Crippen MR) is 122 cm³/mol. The van der Waals surface area contributed by atoms with Crippen molar-refractivity contribution in [3.8, 4) is 0 Å². The molecule has 0 aliphatic carbocycles. The zero-order chi connectivity index (χ0) is 22.5. The third-order valence-electron chi connectivity index (χ3n) is 4.65. The molecule has 30 heavy (non-hydrogen) atoms. The third-order valence-corrected chi connectivity index (χ3v) is 6.45. The summed E-state index contributed by atoms with van der Waals surface area (Å²) < 4.78 is 26.5. The van der Waals surface area contributed by atoms with Crippen molar-refractivity contribution < 1.29 is 18.0 Å². The number of hydrogen-bond donors (Lipinski definition) is 1. The highest BCUT2D eigenvalue weighted by Crippen LogP contribution is 2.28. The van der Waals surface area contributed by atoms with Gasteiger partial charge in [-0.3, -0.25) is 13.9 Å². The molecule has 0 saturated heterocycles. The van der Waals surface area contributed by atoms with Gasteiger partial charge in [-0.2, -0.15) is 0 Å². The average molecular weight is 496 g/mol. The molecule has 2 amide bonds. The van der Waals surface area contributed by atoms with E-state index in [4.69, 9.17) is 0 Å². The Morgan fingerprint density at radius 3 is 2.37 bits per heavy atom. The second kappa shape index (κ2) is 10.1. The Morgan fingerprint density at radius 1 is 1.13 bits per heavy atom. The molecule has 0 saturated carbocycles. The Morgan fingerprint density at radius 2 is 1.80 bits per heavy atom. The van der Waals surface area contributed by atoms with Crippen molar-refractivity contribution in [1.29, 1.82) is 0 Å². The number of sulfonamides is 1. The van der Waals surface area contributed by atoms with Crippen molar-refractivity contribution in [2.75, 3.05) is 24.2 Å². The summed E-state index contributed by atoms with van der Waals surface area (Å²) in [6.07, 6.45) is 1.05. The van der Waals surface area contributed by atoms with Crippen LogP contribution in [0.1, 0.15) is 18.1 Å². The van der Waals surface area contributed by atoms with Crippen LogP contribution < -0.4 is 9.62 Å². The first kappa shape index (κ1) is 23.9. The summed E-state index contributed by atoms with van der Waals surface area (Å²) in [4.78, 5) is 26.9. The number of hydrogen-bond acceptors (Lipinski definition) is 4. The number of nitrogens with zero attached hydrogens (tertiary/aromatic N) is 2. The van der Waals surface area contributed by atoms with Crippen molar-refractivity contribution in [1.82, 2.24) is 10.2 Å². The first-order valence-corrected chi connectivity index (χ1v) is 12.0. The fraction of sp³-hybridized carbons (Fsp3) is 0.333. The largest absolute Gasteiger partial charge is 0.357 e. The van der Waals surface area contributed by atoms with Crippen LogP contribution in [0.5, 0.6) is 0 Å². The van der Waals surface area contributed by atoms with E-state index in [9.17, 15) is 18.0 Å². The smallest absolute Gasteiger partial charge is 0.244 e. The van der Waals surface area contributed by atoms with Crippen LogP contribution in [-0.2, 0) is 26.2 Å². The molecule has 2 aromatic rings. The van der Waals surface area contributed by atoms with Crippen molar-refractivity contribution in [2.24, 2.45) is 0 Å². The minimum absolute atomic E-state index is 0.183. The SMILES string of the molecule is CNC(=O)[C@H](C)N(Cc1cccc(C)c1)C(=O)CN(c1ccccc1Br)S(C)(=O)=O. The van der Waals surface area contributed by atoms with Crippen LogP contribution in [0.25, 0.3) is 0 Å². The molecular formula is C21H26BrN3O4S. The molecule has 1 atom stereocenters. The van der Waals surface area contributed by atoms with E-state index in [-0.39, 0.29) is 12.5 Å². The standard InChI is InChI=1S/C21H26BrN3O4S/c1-15-8-7-9-17(12-15)13-24(16(2)21(27)23-3)20(26)14-25(30(4,28)29)19-11-6-5-10-18(19)22/h5-12,16H,13-14H2,1-4H3,(H,23,27)/t16-/m0/s1. The molecule has 0 unspecified atom stereocenters. The maximum absolute atomic E-state index is 13.3. The lowest BCUT2D eigenvalue weighted by Crippen LogP contribution is -2.50. The molecule has 0 spiro atoms. The molecule has 7 nitrogen and oxygen atoms in total. The van der Waals surface area contributed by atoms with E-state index in [2.05, 4.69) is 21.2 Å². The minimum Gasteiger partial charge on any atom is -0.357 e. The molecule has 0 radical (unpaired) electrons. The van der Waals surface area contributed by atoms with Gasteiger partial charge in [0.05, 0.1) is 11.9 Å². The summed E-state index contributed by atoms with van der Waals surface area (Å²) in [5.41, 5.74) is 2.24. The van der Waals surface area contributed by atoms with Gasteiger partial charge in [0.1, 0.15) is 12.6 Å². The number of likely N-dealkylation sites (N-methyl/N-ethyl adjacent to an activating group) is 1. The quantitative estimate of drug-likeness (QED) is 0.609. The minimum atomic E-state index is -3.74. The van der Waals surface area contributed by atoms with Gasteiger partial charge in [-0.25, -0.2) is 8.42 Å². The summed E-state index contributed by atoms with van der Waals surface area (Å²) in [6.45, 7) is 3.32. The van der Waals surface area contributed by atoms with Crippen LogP contribution in [0, 0.1) is 6.92 Å². The Labute approximate surface area is 186 Å². The topological polar surface area (TPSA) is 86.8 Å². The Balaban J connectivity index is 2.40. The van der Waals surface area contributed by atoms with Gasteiger partial charge >= 0.3 is 0 Å². The Kier molecular flexibility index (Phi) is 8.03. The molecule has 162 valence electrons. The predicted octanol–water partition coefficient (Wildman–Crippen LogP) is 2.69. The van der Waals surface area contributed by atoms with Gasteiger partial charge in [0.25, 0.3) is 0 Å². The van der Waals surface area contributed by atoms with E-state index >= 15 is 0 Å². The van der Waals surface area contributed by atoms with E-state index in [1.54, 1.807) is 31.2 Å². The summed E-state index contributed by atoms with van der Waals surface area (Å²) in [7, 11) is -2.25. The molecular weight excluding hydrogens is 470 g/mol. The zero-order valence-electron chi connectivity index (χ0n) is 17.4. The number of rotatable bonds is 8. The van der Waals surface area contributed by atoms with Crippen LogP contribution in [0.4, 0.5) is 5.69 Å². The number of para-hydroxylation sites is 1. The van der Waals surface area contributed by atoms with Gasteiger partial charge in [0, 0.05) is 18.1 Å². The highest BCUT2D eigenvalue weighted by molar-refractivity contribution is 9.10. The molecule has 1 N–H and O–H groups in total. The molecule has 0 bridgehead atoms. The number of carbonyl (C=O) groups is 2. The lowest BCUT2D eigenvalue weighted by Gasteiger charge is -2.31. The van der Waals surface area contributed by atoms with Crippen molar-refractivity contribution in [3.63, 3.8) is 0 Å². The van der Waals surface area contributed by atoms with Crippen LogP contribution in [0.2, 0.25) is 0 Å². The van der Waals surface area contributed by atoms with E-state index in [1.807, 2.05) is 31.2 Å². The monoisotopic (exact) mass is 495 g/mol. The number of anilines is 1. The van der Waals surface area contributed by atoms with Gasteiger partial charge < -0.3 is 10.2 Å². The van der Waals surface area contributed by atoms with Crippen molar-refractivity contribution in [3.05, 3.63) is 64.1 Å². The summed E-state index contributed by atoms with van der Waals surface area (Å²) in [5.74, 6) is -0.809. The van der Waals surface area contributed by atoms with Gasteiger partial charge in [-0.15, -0.1) is 0 Å². The first-order valence-electron chi connectivity index (χ1n) is 9.33. The number of carbonyl (C=O) groups excluding carboxylic acids is 2. The number of nitrogens with one attached hydrogen (secondary N) is 1. The molecule has 0 aliphatic rings. The lowest BCUT2D eigenvalue weighted by molar-refractivity contribution is -0.139. The van der Waals surface area contributed by atoms with Crippen LogP contribution in [0.15, 0.2) is 53.0 Å². The summed E-state index contributed by atoms with van der Waals surface area (Å²) >= 11 is 3.35. The van der Waals surface area contributed by atoms with Gasteiger partial charge in [0.15, 0.2) is 0 Å². The Bertz CT molecular complexity index is 1030. The average Bonchev–Trinajstić information content (AvgIpc) is 2.69. The van der Waals surface area contributed by atoms with Gasteiger partial charge in [0.2, 0.25) is 21.8 Å². The van der Waals surface area contributed by atoms with Crippen molar-refractivity contribution in [2.45, 2.75) is 26.4 Å². The first-order chi connectivity index (χ1) is 14.0. The molecule has 0 heterocycles. The summed E-state index contributed by atoms with van der Waals surface area (Å²) in [5, 5.41) is 2.55. The molecule has 2 rings (SSSR count). The molecule has 0 aromatic heterocycles. The molecule has 0 aliphatic heterocycles. The van der Waals surface area contributed by atoms with Crippen LogP contribution in [-0.4, -0.2) is 51.0 Å². The maximum Gasteiger partial charge on any atom is 0.244 e. The number of amides is 2. The molecule has 0 fully saturated rings. The van der Waals surface area contributed by atoms with Crippen LogP contribution >= 0.6 is 15.9 Å². The molecule has 9 heteroatoms. The third kappa shape index (κ3) is 6.06. The van der Waals surface area contributed by atoms with Crippen molar-refractivity contribution >= 4 is 43.5 Å². The maximum atomic E-state index is 13.3. The highest BCUT2D eigenvalue weighted by atomic mass is 79.9. The lowest BCUT2D eigenvalue weighted by atomic mass is 10.1. The van der Waals surface area contributed by atoms with Crippen LogP contribution in [0.3, 0.4) is 0 Å². The fourth-order valence-corrected chi connectivity index (χ4v) is 4.53. The van der Waals surface area contributed by atoms with E-state index in [1.165, 1.54) is 11.9 Å². The fourth-order valence-electron chi connectivity index (χ4n) is 3.05. The number of benzene rings is 2. The second-order valence-electron chi connectivity index (χ2n) is 7.02. The number of halogens is 1. The number of aryl methyl sites for hydroxylation is 1. The van der Waals surface area contributed by atoms with E-state index in [0.717, 1.165) is 21.7 Å². The molecule has 2 aromatic carbocycles. The summed E-state index contributed by atoms with van der Waals surface area (Å²) in [6, 6.07) is 13.6. The highest BCUT2D eigenvalue weighted by Gasteiger charge is 2.30. The zero-order valence-corrected chi connectivity index (χ0v) is 19.8. The normalized spacial score (nSPS) is 12.2. The van der Waals surface area contributed by atoms with Gasteiger partial charge in [-0.05, 0) is 47.5 Å². The Hall–Kier alpha value is -2.39. The second-order valence-corrected chi connectivity index (χ2v) is 9.78. The van der Waals surface area contributed by atoms with Gasteiger partial charge in [-0.1, -0.05) is 42.0 Å². The van der Waals surface area contributed by atoms with E-state index < -0.39 is 28.5 Å².